The van der Waals surface area contributed by atoms with Crippen molar-refractivity contribution >= 4 is 17.4 Å². The van der Waals surface area contributed by atoms with Crippen LogP contribution in [0.4, 0.5) is 5.69 Å². The Bertz CT molecular complexity index is 503. The Morgan fingerprint density at radius 2 is 1.95 bits per heavy atom. The standard InChI is InChI=1S/C15H19N3O/c1-2-13-17-14(19)15(8-10-16-11-9-15)18(13)12-6-4-3-5-7-12/h3-7,16H,2,8-11H2,1H3. The molecule has 1 saturated heterocycles. The van der Waals surface area contributed by atoms with Gasteiger partial charge in [0.2, 0.25) is 0 Å². The van der Waals surface area contributed by atoms with Gasteiger partial charge in [0.15, 0.2) is 0 Å². The van der Waals surface area contributed by atoms with E-state index in [-0.39, 0.29) is 5.91 Å². The summed E-state index contributed by atoms with van der Waals surface area (Å²) in [4.78, 5) is 18.9. The van der Waals surface area contributed by atoms with Crippen molar-refractivity contribution in [2.24, 2.45) is 4.99 Å². The summed E-state index contributed by atoms with van der Waals surface area (Å²) in [5.74, 6) is 0.938. The van der Waals surface area contributed by atoms with E-state index < -0.39 is 5.54 Å². The highest BCUT2D eigenvalue weighted by molar-refractivity contribution is 6.16. The predicted octanol–water partition coefficient (Wildman–Crippen LogP) is 1.96. The molecular weight excluding hydrogens is 238 g/mol. The highest BCUT2D eigenvalue weighted by atomic mass is 16.2. The summed E-state index contributed by atoms with van der Waals surface area (Å²) in [6, 6.07) is 10.2. The summed E-state index contributed by atoms with van der Waals surface area (Å²) in [7, 11) is 0. The van der Waals surface area contributed by atoms with E-state index in [0.717, 1.165) is 43.9 Å². The van der Waals surface area contributed by atoms with Crippen molar-refractivity contribution in [3.05, 3.63) is 30.3 Å². The van der Waals surface area contributed by atoms with Crippen LogP contribution in [-0.4, -0.2) is 30.4 Å². The summed E-state index contributed by atoms with van der Waals surface area (Å²) in [5, 5.41) is 3.33. The van der Waals surface area contributed by atoms with Crippen LogP contribution in [0.2, 0.25) is 0 Å². The number of para-hydroxylation sites is 1. The average Bonchev–Trinajstić information content (AvgIpc) is 2.73. The van der Waals surface area contributed by atoms with Crippen molar-refractivity contribution in [3.8, 4) is 0 Å². The van der Waals surface area contributed by atoms with Gasteiger partial charge in [-0.25, -0.2) is 0 Å². The first-order chi connectivity index (χ1) is 9.28. The first-order valence-electron chi connectivity index (χ1n) is 6.96. The number of nitrogens with zero attached hydrogens (tertiary/aromatic N) is 2. The van der Waals surface area contributed by atoms with Gasteiger partial charge >= 0.3 is 0 Å². The fourth-order valence-electron chi connectivity index (χ4n) is 3.10. The van der Waals surface area contributed by atoms with E-state index in [4.69, 9.17) is 0 Å². The Labute approximate surface area is 113 Å². The van der Waals surface area contributed by atoms with Gasteiger partial charge in [-0.1, -0.05) is 25.1 Å². The van der Waals surface area contributed by atoms with Gasteiger partial charge in [-0.2, -0.15) is 4.99 Å². The summed E-state index contributed by atoms with van der Waals surface area (Å²) in [5.41, 5.74) is 0.633. The number of carbonyl (C=O) groups is 1. The van der Waals surface area contributed by atoms with Gasteiger partial charge in [-0.3, -0.25) is 4.79 Å². The number of amides is 1. The van der Waals surface area contributed by atoms with E-state index >= 15 is 0 Å². The molecule has 1 fully saturated rings. The van der Waals surface area contributed by atoms with Crippen molar-refractivity contribution in [2.75, 3.05) is 18.0 Å². The monoisotopic (exact) mass is 257 g/mol. The predicted molar refractivity (Wildman–Crippen MR) is 76.5 cm³/mol. The van der Waals surface area contributed by atoms with Crippen molar-refractivity contribution < 1.29 is 4.79 Å². The number of hydrogen-bond donors (Lipinski definition) is 1. The molecule has 19 heavy (non-hydrogen) atoms. The second-order valence-corrected chi connectivity index (χ2v) is 5.14. The lowest BCUT2D eigenvalue weighted by Gasteiger charge is -2.41. The highest BCUT2D eigenvalue weighted by Crippen LogP contribution is 2.37. The van der Waals surface area contributed by atoms with E-state index in [1.54, 1.807) is 0 Å². The molecule has 2 heterocycles. The lowest BCUT2D eigenvalue weighted by Crippen LogP contribution is -2.57. The number of piperidine rings is 1. The molecule has 2 aliphatic rings. The van der Waals surface area contributed by atoms with Crippen LogP contribution >= 0.6 is 0 Å². The molecule has 3 rings (SSSR count). The van der Waals surface area contributed by atoms with Crippen LogP contribution in [0.15, 0.2) is 35.3 Å². The molecular formula is C15H19N3O. The van der Waals surface area contributed by atoms with Crippen LogP contribution in [0.3, 0.4) is 0 Å². The van der Waals surface area contributed by atoms with Gasteiger partial charge in [0.05, 0.1) is 0 Å². The zero-order chi connectivity index (χ0) is 13.3. The first kappa shape index (κ1) is 12.4. The van der Waals surface area contributed by atoms with Crippen LogP contribution in [0.1, 0.15) is 26.2 Å². The lowest BCUT2D eigenvalue weighted by molar-refractivity contribution is -0.122. The van der Waals surface area contributed by atoms with E-state index in [9.17, 15) is 4.79 Å². The van der Waals surface area contributed by atoms with Gasteiger partial charge in [-0.05, 0) is 38.1 Å². The molecule has 0 atom stereocenters. The first-order valence-corrected chi connectivity index (χ1v) is 6.96. The van der Waals surface area contributed by atoms with Gasteiger partial charge < -0.3 is 10.2 Å². The SMILES string of the molecule is CCC1=NC(=O)C2(CCNCC2)N1c1ccccc1. The zero-order valence-corrected chi connectivity index (χ0v) is 11.2. The third-order valence-corrected chi connectivity index (χ3v) is 4.08. The Hall–Kier alpha value is -1.68. The largest absolute Gasteiger partial charge is 0.317 e. The minimum absolute atomic E-state index is 0.0368. The molecule has 1 N–H and O–H groups in total. The van der Waals surface area contributed by atoms with Crippen LogP contribution in [0.5, 0.6) is 0 Å². The van der Waals surface area contributed by atoms with Crippen LogP contribution < -0.4 is 10.2 Å². The lowest BCUT2D eigenvalue weighted by atomic mass is 9.86. The maximum Gasteiger partial charge on any atom is 0.273 e. The molecule has 100 valence electrons. The van der Waals surface area contributed by atoms with E-state index in [1.807, 2.05) is 18.2 Å². The summed E-state index contributed by atoms with van der Waals surface area (Å²) in [6.07, 6.45) is 2.44. The van der Waals surface area contributed by atoms with Gasteiger partial charge in [0.1, 0.15) is 11.4 Å². The molecule has 0 bridgehead atoms. The second-order valence-electron chi connectivity index (χ2n) is 5.14. The molecule has 0 saturated carbocycles. The topological polar surface area (TPSA) is 44.7 Å². The number of hydrogen-bond acceptors (Lipinski definition) is 3. The minimum Gasteiger partial charge on any atom is -0.317 e. The summed E-state index contributed by atoms with van der Waals surface area (Å²) < 4.78 is 0. The van der Waals surface area contributed by atoms with E-state index in [0.29, 0.717) is 0 Å². The maximum absolute atomic E-state index is 12.4. The molecule has 0 radical (unpaired) electrons. The van der Waals surface area contributed by atoms with Crippen molar-refractivity contribution in [2.45, 2.75) is 31.7 Å². The summed E-state index contributed by atoms with van der Waals surface area (Å²) in [6.45, 7) is 3.81. The zero-order valence-electron chi connectivity index (χ0n) is 11.2. The number of rotatable bonds is 2. The highest BCUT2D eigenvalue weighted by Gasteiger charge is 2.50. The fourth-order valence-corrected chi connectivity index (χ4v) is 3.10. The van der Waals surface area contributed by atoms with Crippen LogP contribution in [0.25, 0.3) is 0 Å². The fraction of sp³-hybridized carbons (Fsp3) is 0.467. The molecule has 1 aromatic carbocycles. The Morgan fingerprint density at radius 1 is 1.26 bits per heavy atom. The molecule has 0 unspecified atom stereocenters. The smallest absolute Gasteiger partial charge is 0.273 e. The Kier molecular flexibility index (Phi) is 3.11. The maximum atomic E-state index is 12.4. The number of benzene rings is 1. The quantitative estimate of drug-likeness (QED) is 0.881. The number of anilines is 1. The van der Waals surface area contributed by atoms with Crippen molar-refractivity contribution in [1.82, 2.24) is 5.32 Å². The van der Waals surface area contributed by atoms with Gasteiger partial charge in [0.25, 0.3) is 5.91 Å². The molecule has 4 heteroatoms. The number of nitrogens with one attached hydrogen (secondary N) is 1. The molecule has 1 aromatic rings. The third-order valence-electron chi connectivity index (χ3n) is 4.08. The van der Waals surface area contributed by atoms with Crippen molar-refractivity contribution in [3.63, 3.8) is 0 Å². The number of aliphatic imine (C=N–C) groups is 1. The second kappa shape index (κ2) is 4.78. The van der Waals surface area contributed by atoms with Crippen LogP contribution in [0, 0.1) is 0 Å². The molecule has 1 amide bonds. The Balaban J connectivity index is 2.05. The van der Waals surface area contributed by atoms with Gasteiger partial charge in [0, 0.05) is 12.1 Å². The van der Waals surface area contributed by atoms with E-state index in [2.05, 4.69) is 34.3 Å². The third kappa shape index (κ3) is 1.87. The van der Waals surface area contributed by atoms with Crippen molar-refractivity contribution in [1.29, 1.82) is 0 Å². The number of amidine groups is 1. The normalized spacial score (nSPS) is 21.8. The van der Waals surface area contributed by atoms with E-state index in [1.165, 1.54) is 0 Å². The number of carbonyl (C=O) groups excluding carboxylic acids is 1. The molecule has 2 aliphatic heterocycles. The molecule has 0 aromatic heterocycles. The minimum atomic E-state index is -0.446. The molecule has 4 nitrogen and oxygen atoms in total. The summed E-state index contributed by atoms with van der Waals surface area (Å²) >= 11 is 0. The van der Waals surface area contributed by atoms with Crippen LogP contribution in [-0.2, 0) is 4.79 Å². The average molecular weight is 257 g/mol. The molecule has 1 spiro atoms. The molecule has 0 aliphatic carbocycles. The Morgan fingerprint density at radius 3 is 2.58 bits per heavy atom. The van der Waals surface area contributed by atoms with Gasteiger partial charge in [-0.15, -0.1) is 0 Å².